The SMILES string of the molecule is CCSc1cccc(SCC2CCCO2)c1C#N. The Morgan fingerprint density at radius 2 is 2.17 bits per heavy atom. The summed E-state index contributed by atoms with van der Waals surface area (Å²) in [5.74, 6) is 1.95. The van der Waals surface area contributed by atoms with E-state index in [1.54, 1.807) is 23.5 Å². The highest BCUT2D eigenvalue weighted by Gasteiger charge is 2.17. The lowest BCUT2D eigenvalue weighted by Gasteiger charge is -2.11. The zero-order valence-corrected chi connectivity index (χ0v) is 12.1. The van der Waals surface area contributed by atoms with Crippen LogP contribution in [0.2, 0.25) is 0 Å². The Morgan fingerprint density at radius 3 is 2.78 bits per heavy atom. The lowest BCUT2D eigenvalue weighted by Crippen LogP contribution is -2.07. The molecule has 4 heteroatoms. The van der Waals surface area contributed by atoms with Crippen molar-refractivity contribution >= 4 is 23.5 Å². The van der Waals surface area contributed by atoms with Gasteiger partial charge >= 0.3 is 0 Å². The third kappa shape index (κ3) is 3.44. The summed E-state index contributed by atoms with van der Waals surface area (Å²) in [7, 11) is 0. The van der Waals surface area contributed by atoms with E-state index in [4.69, 9.17) is 4.74 Å². The molecule has 0 saturated carbocycles. The van der Waals surface area contributed by atoms with Crippen molar-refractivity contribution in [2.45, 2.75) is 35.7 Å². The van der Waals surface area contributed by atoms with E-state index >= 15 is 0 Å². The minimum Gasteiger partial charge on any atom is -0.377 e. The number of nitriles is 1. The molecule has 1 aliphatic rings. The van der Waals surface area contributed by atoms with Gasteiger partial charge in [0.25, 0.3) is 0 Å². The average molecular weight is 279 g/mol. The van der Waals surface area contributed by atoms with Crippen LogP contribution in [0.4, 0.5) is 0 Å². The van der Waals surface area contributed by atoms with Gasteiger partial charge in [-0.1, -0.05) is 13.0 Å². The Labute approximate surface area is 117 Å². The molecule has 1 aromatic carbocycles. The molecule has 1 saturated heterocycles. The number of hydrogen-bond acceptors (Lipinski definition) is 4. The molecule has 0 aromatic heterocycles. The van der Waals surface area contributed by atoms with Gasteiger partial charge in [0.05, 0.1) is 11.7 Å². The number of thioether (sulfide) groups is 2. The Kier molecular flexibility index (Phi) is 5.43. The van der Waals surface area contributed by atoms with Gasteiger partial charge in [0.2, 0.25) is 0 Å². The van der Waals surface area contributed by atoms with Gasteiger partial charge in [0.1, 0.15) is 6.07 Å². The molecule has 18 heavy (non-hydrogen) atoms. The first kappa shape index (κ1) is 13.8. The standard InChI is InChI=1S/C14H17NOS2/c1-2-17-13-6-3-7-14(12(13)9-15)18-10-11-5-4-8-16-11/h3,6-7,11H,2,4-5,8,10H2,1H3. The van der Waals surface area contributed by atoms with Crippen LogP contribution in [0.5, 0.6) is 0 Å². The average Bonchev–Trinajstić information content (AvgIpc) is 2.90. The topological polar surface area (TPSA) is 33.0 Å². The quantitative estimate of drug-likeness (QED) is 0.764. The predicted molar refractivity (Wildman–Crippen MR) is 77.3 cm³/mol. The molecule has 1 aliphatic heterocycles. The minimum absolute atomic E-state index is 0.365. The van der Waals surface area contributed by atoms with E-state index in [1.165, 1.54) is 6.42 Å². The summed E-state index contributed by atoms with van der Waals surface area (Å²) >= 11 is 3.48. The summed E-state index contributed by atoms with van der Waals surface area (Å²) < 4.78 is 5.62. The van der Waals surface area contributed by atoms with Crippen molar-refractivity contribution in [2.75, 3.05) is 18.1 Å². The van der Waals surface area contributed by atoms with Crippen LogP contribution in [-0.2, 0) is 4.74 Å². The van der Waals surface area contributed by atoms with E-state index in [2.05, 4.69) is 13.0 Å². The van der Waals surface area contributed by atoms with Crippen LogP contribution in [0.15, 0.2) is 28.0 Å². The van der Waals surface area contributed by atoms with Crippen LogP contribution in [0.25, 0.3) is 0 Å². The van der Waals surface area contributed by atoms with Crippen LogP contribution in [0.3, 0.4) is 0 Å². The monoisotopic (exact) mass is 279 g/mol. The van der Waals surface area contributed by atoms with Gasteiger partial charge in [0.15, 0.2) is 0 Å². The fourth-order valence-corrected chi connectivity index (χ4v) is 3.93. The van der Waals surface area contributed by atoms with Crippen molar-refractivity contribution in [3.05, 3.63) is 23.8 Å². The van der Waals surface area contributed by atoms with Crippen molar-refractivity contribution in [3.8, 4) is 6.07 Å². The molecule has 0 amide bonds. The Bertz CT molecular complexity index is 436. The lowest BCUT2D eigenvalue weighted by molar-refractivity contribution is 0.129. The molecule has 0 radical (unpaired) electrons. The summed E-state index contributed by atoms with van der Waals surface area (Å²) in [6.45, 7) is 3.00. The third-order valence-electron chi connectivity index (χ3n) is 2.85. The highest BCUT2D eigenvalue weighted by atomic mass is 32.2. The van der Waals surface area contributed by atoms with E-state index in [0.717, 1.165) is 39.9 Å². The molecular formula is C14H17NOS2. The van der Waals surface area contributed by atoms with E-state index in [9.17, 15) is 5.26 Å². The van der Waals surface area contributed by atoms with Crippen molar-refractivity contribution in [1.82, 2.24) is 0 Å². The van der Waals surface area contributed by atoms with Gasteiger partial charge in [-0.25, -0.2) is 0 Å². The van der Waals surface area contributed by atoms with E-state index < -0.39 is 0 Å². The first-order chi connectivity index (χ1) is 8.85. The van der Waals surface area contributed by atoms with E-state index in [1.807, 2.05) is 18.2 Å². The Morgan fingerprint density at radius 1 is 1.39 bits per heavy atom. The molecule has 0 aliphatic carbocycles. The second kappa shape index (κ2) is 7.08. The Balaban J connectivity index is 2.06. The van der Waals surface area contributed by atoms with Crippen molar-refractivity contribution in [1.29, 1.82) is 5.26 Å². The van der Waals surface area contributed by atoms with E-state index in [0.29, 0.717) is 6.10 Å². The Hall–Kier alpha value is -0.630. The van der Waals surface area contributed by atoms with Crippen molar-refractivity contribution < 1.29 is 4.74 Å². The maximum atomic E-state index is 9.31. The first-order valence-electron chi connectivity index (χ1n) is 6.25. The second-order valence-electron chi connectivity index (χ2n) is 4.12. The maximum absolute atomic E-state index is 9.31. The molecule has 1 unspecified atom stereocenters. The van der Waals surface area contributed by atoms with Crippen molar-refractivity contribution in [2.24, 2.45) is 0 Å². The molecule has 0 spiro atoms. The number of nitrogens with zero attached hydrogens (tertiary/aromatic N) is 1. The smallest absolute Gasteiger partial charge is 0.101 e. The normalized spacial score (nSPS) is 18.8. The molecule has 2 nitrogen and oxygen atoms in total. The summed E-state index contributed by atoms with van der Waals surface area (Å²) in [5.41, 5.74) is 0.826. The first-order valence-corrected chi connectivity index (χ1v) is 8.22. The van der Waals surface area contributed by atoms with Crippen LogP contribution in [-0.4, -0.2) is 24.2 Å². The zero-order chi connectivity index (χ0) is 12.8. The fraction of sp³-hybridized carbons (Fsp3) is 0.500. The molecule has 1 aromatic rings. The number of rotatable bonds is 5. The molecule has 1 atom stereocenters. The molecule has 0 bridgehead atoms. The van der Waals surface area contributed by atoms with Crippen LogP contribution in [0, 0.1) is 11.3 Å². The maximum Gasteiger partial charge on any atom is 0.101 e. The third-order valence-corrected chi connectivity index (χ3v) is 4.98. The lowest BCUT2D eigenvalue weighted by atomic mass is 10.2. The van der Waals surface area contributed by atoms with Gasteiger partial charge in [0, 0.05) is 22.2 Å². The van der Waals surface area contributed by atoms with Gasteiger partial charge in [-0.15, -0.1) is 23.5 Å². The summed E-state index contributed by atoms with van der Waals surface area (Å²) in [6.07, 6.45) is 2.68. The van der Waals surface area contributed by atoms with Crippen LogP contribution >= 0.6 is 23.5 Å². The van der Waals surface area contributed by atoms with Crippen LogP contribution < -0.4 is 0 Å². The van der Waals surface area contributed by atoms with Gasteiger partial charge < -0.3 is 4.74 Å². The molecule has 0 N–H and O–H groups in total. The zero-order valence-electron chi connectivity index (χ0n) is 10.5. The molecule has 1 fully saturated rings. The number of benzene rings is 1. The van der Waals surface area contributed by atoms with E-state index in [-0.39, 0.29) is 0 Å². The molecule has 2 rings (SSSR count). The van der Waals surface area contributed by atoms with Gasteiger partial charge in [-0.2, -0.15) is 5.26 Å². The molecule has 96 valence electrons. The minimum atomic E-state index is 0.365. The number of ether oxygens (including phenoxy) is 1. The largest absolute Gasteiger partial charge is 0.377 e. The summed E-state index contributed by atoms with van der Waals surface area (Å²) in [5, 5.41) is 9.31. The highest BCUT2D eigenvalue weighted by Crippen LogP contribution is 2.32. The fourth-order valence-electron chi connectivity index (χ4n) is 1.98. The second-order valence-corrected chi connectivity index (χ2v) is 6.49. The molecular weight excluding hydrogens is 262 g/mol. The molecule has 1 heterocycles. The van der Waals surface area contributed by atoms with Gasteiger partial charge in [-0.05, 0) is 30.7 Å². The summed E-state index contributed by atoms with van der Waals surface area (Å²) in [4.78, 5) is 2.18. The van der Waals surface area contributed by atoms with Crippen molar-refractivity contribution in [3.63, 3.8) is 0 Å². The van der Waals surface area contributed by atoms with Gasteiger partial charge in [-0.3, -0.25) is 0 Å². The highest BCUT2D eigenvalue weighted by molar-refractivity contribution is 8.00. The van der Waals surface area contributed by atoms with Crippen LogP contribution in [0.1, 0.15) is 25.3 Å². The number of hydrogen-bond donors (Lipinski definition) is 0. The predicted octanol–water partition coefficient (Wildman–Crippen LogP) is 3.94. The summed E-state index contributed by atoms with van der Waals surface area (Å²) in [6, 6.07) is 8.45.